The monoisotopic (exact) mass is 164 g/mol. The predicted molar refractivity (Wildman–Crippen MR) is 37.6 cm³/mol. The summed E-state index contributed by atoms with van der Waals surface area (Å²) in [6.07, 6.45) is 6.27. The Balaban J connectivity index is 3.32. The minimum Gasteiger partial charge on any atom is -0.195 e. The van der Waals surface area contributed by atoms with Crippen LogP contribution >= 0.6 is 0 Å². The molecule has 0 bridgehead atoms. The Morgan fingerprint density at radius 2 is 2.00 bits per heavy atom. The van der Waals surface area contributed by atoms with Gasteiger partial charge in [-0.1, -0.05) is 0 Å². The fourth-order valence-corrected chi connectivity index (χ4v) is 1.05. The molecule has 0 aromatic heterocycles. The van der Waals surface area contributed by atoms with Crippen LogP contribution in [-0.4, -0.2) is 14.2 Å². The molecule has 58 valence electrons. The first-order chi connectivity index (χ1) is 4.56. The van der Waals surface area contributed by atoms with E-state index in [0.29, 0.717) is 19.3 Å². The van der Waals surface area contributed by atoms with Crippen LogP contribution in [0.5, 0.6) is 0 Å². The molecule has 0 aliphatic carbocycles. The van der Waals surface area contributed by atoms with Crippen LogP contribution in [0.15, 0.2) is 0 Å². The van der Waals surface area contributed by atoms with E-state index in [4.69, 9.17) is 6.42 Å². The first-order valence-electron chi connectivity index (χ1n) is 2.92. The summed E-state index contributed by atoms with van der Waals surface area (Å²) in [5.41, 5.74) is 0. The summed E-state index contributed by atoms with van der Waals surface area (Å²) in [4.78, 5) is 0. The van der Waals surface area contributed by atoms with E-state index in [2.05, 4.69) is 5.92 Å². The molecule has 0 radical (unpaired) electrons. The zero-order chi connectivity index (χ0) is 8.04. The van der Waals surface area contributed by atoms with Crippen molar-refractivity contribution in [3.05, 3.63) is 0 Å². The van der Waals surface area contributed by atoms with Gasteiger partial charge in [-0.2, -0.15) is 8.42 Å². The second kappa shape index (κ2) is 4.29. The van der Waals surface area contributed by atoms with Crippen molar-refractivity contribution in [1.29, 1.82) is 0 Å². The van der Waals surface area contributed by atoms with Crippen LogP contribution in [0.25, 0.3) is 0 Å². The molecular formula is C6H9FO2S. The minimum atomic E-state index is -4.27. The van der Waals surface area contributed by atoms with Crippen molar-refractivity contribution < 1.29 is 12.3 Å². The van der Waals surface area contributed by atoms with Gasteiger partial charge in [-0.3, -0.25) is 0 Å². The standard InChI is InChI=1S/C6H9FO2S/c1-2-3-4-5-6-10(7,8)9/h1H,3-6H2. The van der Waals surface area contributed by atoms with Gasteiger partial charge >= 0.3 is 10.2 Å². The lowest BCUT2D eigenvalue weighted by Gasteiger charge is -1.90. The highest BCUT2D eigenvalue weighted by Crippen LogP contribution is 1.99. The Labute approximate surface area is 60.6 Å². The first-order valence-corrected chi connectivity index (χ1v) is 4.47. The molecule has 0 atom stereocenters. The molecule has 0 spiro atoms. The van der Waals surface area contributed by atoms with Crippen molar-refractivity contribution in [2.24, 2.45) is 0 Å². The van der Waals surface area contributed by atoms with Gasteiger partial charge < -0.3 is 0 Å². The number of hydrogen-bond donors (Lipinski definition) is 0. The van der Waals surface area contributed by atoms with Gasteiger partial charge in [-0.25, -0.2) is 0 Å². The Morgan fingerprint density at radius 1 is 1.40 bits per heavy atom. The van der Waals surface area contributed by atoms with Crippen molar-refractivity contribution in [3.63, 3.8) is 0 Å². The SMILES string of the molecule is C#CCCCCS(=O)(=O)F. The van der Waals surface area contributed by atoms with Gasteiger partial charge in [-0.05, 0) is 12.8 Å². The Bertz CT molecular complexity index is 212. The summed E-state index contributed by atoms with van der Waals surface area (Å²) < 4.78 is 31.5. The van der Waals surface area contributed by atoms with Crippen LogP contribution in [0, 0.1) is 12.3 Å². The highest BCUT2D eigenvalue weighted by atomic mass is 32.3. The van der Waals surface area contributed by atoms with Gasteiger partial charge in [0.05, 0.1) is 5.75 Å². The maximum Gasteiger partial charge on any atom is 0.302 e. The molecule has 0 heterocycles. The third kappa shape index (κ3) is 7.44. The molecule has 0 amide bonds. The summed E-state index contributed by atoms with van der Waals surface area (Å²) in [5, 5.41) is 0. The number of terminal acetylenes is 1. The van der Waals surface area contributed by atoms with Crippen molar-refractivity contribution in [2.75, 3.05) is 5.75 Å². The smallest absolute Gasteiger partial charge is 0.195 e. The van der Waals surface area contributed by atoms with Crippen molar-refractivity contribution in [1.82, 2.24) is 0 Å². The molecule has 0 aliphatic rings. The quantitative estimate of drug-likeness (QED) is 0.354. The lowest BCUT2D eigenvalue weighted by molar-refractivity contribution is 0.548. The van der Waals surface area contributed by atoms with Crippen molar-refractivity contribution in [3.8, 4) is 12.3 Å². The third-order valence-electron chi connectivity index (χ3n) is 0.959. The van der Waals surface area contributed by atoms with E-state index in [1.54, 1.807) is 0 Å². The van der Waals surface area contributed by atoms with Crippen molar-refractivity contribution in [2.45, 2.75) is 19.3 Å². The normalized spacial score (nSPS) is 10.8. The molecule has 0 aromatic rings. The molecule has 0 saturated carbocycles. The summed E-state index contributed by atoms with van der Waals surface area (Å²) in [7, 11) is -4.27. The second-order valence-electron chi connectivity index (χ2n) is 1.90. The van der Waals surface area contributed by atoms with Gasteiger partial charge in [0.15, 0.2) is 0 Å². The highest BCUT2D eigenvalue weighted by molar-refractivity contribution is 7.86. The summed E-state index contributed by atoms with van der Waals surface area (Å²) in [6.45, 7) is 0. The number of unbranched alkanes of at least 4 members (excludes halogenated alkanes) is 2. The van der Waals surface area contributed by atoms with Gasteiger partial charge in [0.2, 0.25) is 0 Å². The number of halogens is 1. The van der Waals surface area contributed by atoms with E-state index in [0.717, 1.165) is 0 Å². The molecule has 4 heteroatoms. The zero-order valence-corrected chi connectivity index (χ0v) is 6.32. The van der Waals surface area contributed by atoms with E-state index >= 15 is 0 Å². The van der Waals surface area contributed by atoms with Gasteiger partial charge in [0.25, 0.3) is 0 Å². The van der Waals surface area contributed by atoms with Crippen LogP contribution in [0.1, 0.15) is 19.3 Å². The minimum absolute atomic E-state index is 0.309. The summed E-state index contributed by atoms with van der Waals surface area (Å²) in [5.74, 6) is 1.93. The maximum atomic E-state index is 11.7. The number of hydrogen-bond acceptors (Lipinski definition) is 2. The molecule has 10 heavy (non-hydrogen) atoms. The Hall–Kier alpha value is -0.560. The van der Waals surface area contributed by atoms with Crippen LogP contribution in [0.4, 0.5) is 3.89 Å². The molecule has 0 aromatic carbocycles. The molecule has 0 rings (SSSR count). The van der Waals surface area contributed by atoms with Crippen LogP contribution in [-0.2, 0) is 10.2 Å². The largest absolute Gasteiger partial charge is 0.302 e. The lowest BCUT2D eigenvalue weighted by atomic mass is 10.3. The summed E-state index contributed by atoms with van der Waals surface area (Å²) >= 11 is 0. The molecule has 0 saturated heterocycles. The van der Waals surface area contributed by atoms with E-state index in [1.165, 1.54) is 0 Å². The molecule has 0 aliphatic heterocycles. The molecular weight excluding hydrogens is 155 g/mol. The van der Waals surface area contributed by atoms with E-state index in [9.17, 15) is 12.3 Å². The maximum absolute atomic E-state index is 11.7. The zero-order valence-electron chi connectivity index (χ0n) is 5.51. The van der Waals surface area contributed by atoms with Crippen molar-refractivity contribution >= 4 is 10.2 Å². The topological polar surface area (TPSA) is 34.1 Å². The van der Waals surface area contributed by atoms with Crippen LogP contribution in [0.2, 0.25) is 0 Å². The molecule has 0 fully saturated rings. The van der Waals surface area contributed by atoms with E-state index in [1.807, 2.05) is 0 Å². The van der Waals surface area contributed by atoms with Crippen LogP contribution < -0.4 is 0 Å². The molecule has 2 nitrogen and oxygen atoms in total. The average Bonchev–Trinajstić information content (AvgIpc) is 1.78. The first kappa shape index (κ1) is 9.44. The van der Waals surface area contributed by atoms with Gasteiger partial charge in [0, 0.05) is 6.42 Å². The Morgan fingerprint density at radius 3 is 2.40 bits per heavy atom. The van der Waals surface area contributed by atoms with Gasteiger partial charge in [-0.15, -0.1) is 16.2 Å². The second-order valence-corrected chi connectivity index (χ2v) is 3.39. The molecule has 0 N–H and O–H groups in total. The number of rotatable bonds is 4. The predicted octanol–water partition coefficient (Wildman–Crippen LogP) is 1.09. The fraction of sp³-hybridized carbons (Fsp3) is 0.667. The fourth-order valence-electron chi connectivity index (χ4n) is 0.502. The summed E-state index contributed by atoms with van der Waals surface area (Å²) in [6, 6.07) is 0. The van der Waals surface area contributed by atoms with E-state index in [-0.39, 0.29) is 0 Å². The van der Waals surface area contributed by atoms with E-state index < -0.39 is 16.0 Å². The highest BCUT2D eigenvalue weighted by Gasteiger charge is 2.04. The molecule has 0 unspecified atom stereocenters. The Kier molecular flexibility index (Phi) is 4.05. The van der Waals surface area contributed by atoms with Gasteiger partial charge in [0.1, 0.15) is 0 Å². The average molecular weight is 164 g/mol. The van der Waals surface area contributed by atoms with Crippen LogP contribution in [0.3, 0.4) is 0 Å². The lowest BCUT2D eigenvalue weighted by Crippen LogP contribution is -1.97. The third-order valence-corrected chi connectivity index (χ3v) is 1.74.